The number of anilines is 2. The first-order valence-electron chi connectivity index (χ1n) is 5.32. The number of carbonyl (C=O) groups excluding carboxylic acids is 1. The minimum absolute atomic E-state index is 0.0824. The number of benzene rings is 1. The molecular weight excluding hydrogens is 287 g/mol. The van der Waals surface area contributed by atoms with Crippen molar-refractivity contribution in [2.24, 2.45) is 0 Å². The van der Waals surface area contributed by atoms with E-state index < -0.39 is 5.82 Å². The van der Waals surface area contributed by atoms with Crippen LogP contribution in [0.3, 0.4) is 0 Å². The molecule has 0 aliphatic rings. The molecule has 19 heavy (non-hydrogen) atoms. The third-order valence-corrected chi connectivity index (χ3v) is 4.07. The molecule has 0 bridgehead atoms. The predicted octanol–water partition coefficient (Wildman–Crippen LogP) is 2.30. The molecule has 1 aromatic carbocycles. The highest BCUT2D eigenvalue weighted by Gasteiger charge is 2.09. The van der Waals surface area contributed by atoms with Crippen LogP contribution in [0.15, 0.2) is 22.5 Å². The van der Waals surface area contributed by atoms with Crippen molar-refractivity contribution in [2.75, 3.05) is 16.8 Å². The molecule has 2 rings (SSSR count). The summed E-state index contributed by atoms with van der Waals surface area (Å²) in [4.78, 5) is 11.7. The lowest BCUT2D eigenvalue weighted by atomic mass is 10.2. The second kappa shape index (κ2) is 5.98. The summed E-state index contributed by atoms with van der Waals surface area (Å²) in [5, 5.41) is 11.0. The topological polar surface area (TPSA) is 80.9 Å². The molecule has 8 heteroatoms. The highest BCUT2D eigenvalue weighted by molar-refractivity contribution is 8.01. The van der Waals surface area contributed by atoms with Crippen LogP contribution in [-0.2, 0) is 4.79 Å². The van der Waals surface area contributed by atoms with E-state index in [1.54, 1.807) is 0 Å². The van der Waals surface area contributed by atoms with Crippen LogP contribution in [0.25, 0.3) is 0 Å². The van der Waals surface area contributed by atoms with Gasteiger partial charge in [0.25, 0.3) is 0 Å². The normalized spacial score (nSPS) is 10.4. The molecule has 0 fully saturated rings. The van der Waals surface area contributed by atoms with E-state index in [9.17, 15) is 9.18 Å². The summed E-state index contributed by atoms with van der Waals surface area (Å²) < 4.78 is 14.1. The molecule has 0 aliphatic heterocycles. The Hall–Kier alpha value is -1.67. The smallest absolute Gasteiger partial charge is 0.234 e. The average Bonchev–Trinajstić information content (AvgIpc) is 2.77. The number of amides is 1. The van der Waals surface area contributed by atoms with E-state index in [1.807, 2.05) is 6.92 Å². The second-order valence-corrected chi connectivity index (χ2v) is 6.07. The molecule has 2 aromatic rings. The summed E-state index contributed by atoms with van der Waals surface area (Å²) in [5.74, 6) is -0.690. The number of hydrogen-bond donors (Lipinski definition) is 2. The van der Waals surface area contributed by atoms with Gasteiger partial charge >= 0.3 is 0 Å². The zero-order valence-corrected chi connectivity index (χ0v) is 11.6. The lowest BCUT2D eigenvalue weighted by Gasteiger charge is -2.06. The van der Waals surface area contributed by atoms with Gasteiger partial charge in [0.1, 0.15) is 10.8 Å². The quantitative estimate of drug-likeness (QED) is 0.668. The number of carbonyl (C=O) groups is 1. The molecule has 0 unspecified atom stereocenters. The first kappa shape index (κ1) is 13.8. The Labute approximate surface area is 117 Å². The highest BCUT2D eigenvalue weighted by atomic mass is 32.2. The maximum atomic E-state index is 13.4. The van der Waals surface area contributed by atoms with E-state index in [4.69, 9.17) is 5.73 Å². The Balaban J connectivity index is 1.92. The van der Waals surface area contributed by atoms with Crippen LogP contribution in [0.4, 0.5) is 15.8 Å². The number of nitrogens with zero attached hydrogens (tertiary/aromatic N) is 2. The molecule has 0 aliphatic carbocycles. The van der Waals surface area contributed by atoms with Crippen LogP contribution < -0.4 is 11.1 Å². The van der Waals surface area contributed by atoms with Gasteiger partial charge in [-0.05, 0) is 25.1 Å². The van der Waals surface area contributed by atoms with Gasteiger partial charge in [-0.15, -0.1) is 10.2 Å². The molecule has 1 amide bonds. The maximum Gasteiger partial charge on any atom is 0.234 e. The van der Waals surface area contributed by atoms with E-state index in [-0.39, 0.29) is 17.3 Å². The molecule has 0 saturated carbocycles. The number of aryl methyl sites for hydroxylation is 1. The van der Waals surface area contributed by atoms with Crippen molar-refractivity contribution >= 4 is 40.4 Å². The van der Waals surface area contributed by atoms with Crippen LogP contribution in [-0.4, -0.2) is 21.9 Å². The van der Waals surface area contributed by atoms with Crippen molar-refractivity contribution < 1.29 is 9.18 Å². The highest BCUT2D eigenvalue weighted by Crippen LogP contribution is 2.22. The lowest BCUT2D eigenvalue weighted by molar-refractivity contribution is -0.113. The Morgan fingerprint density at radius 2 is 2.32 bits per heavy atom. The minimum atomic E-state index is -0.515. The fourth-order valence-electron chi connectivity index (χ4n) is 1.29. The molecule has 1 heterocycles. The van der Waals surface area contributed by atoms with E-state index in [0.29, 0.717) is 10.0 Å². The fraction of sp³-hybridized carbons (Fsp3) is 0.182. The summed E-state index contributed by atoms with van der Waals surface area (Å²) in [5.41, 5.74) is 6.01. The Bertz CT molecular complexity index is 602. The number of thioether (sulfide) groups is 1. The van der Waals surface area contributed by atoms with Crippen LogP contribution in [0.5, 0.6) is 0 Å². The third-order valence-electron chi connectivity index (χ3n) is 2.10. The molecular formula is C11H11FN4OS2. The van der Waals surface area contributed by atoms with Gasteiger partial charge in [0.15, 0.2) is 4.34 Å². The number of rotatable bonds is 4. The number of hydrogen-bond acceptors (Lipinski definition) is 6. The first-order chi connectivity index (χ1) is 9.04. The van der Waals surface area contributed by atoms with E-state index >= 15 is 0 Å². The van der Waals surface area contributed by atoms with Crippen molar-refractivity contribution in [1.29, 1.82) is 0 Å². The molecule has 3 N–H and O–H groups in total. The van der Waals surface area contributed by atoms with Crippen LogP contribution in [0.2, 0.25) is 0 Å². The third kappa shape index (κ3) is 3.90. The molecule has 5 nitrogen and oxygen atoms in total. The van der Waals surface area contributed by atoms with Gasteiger partial charge in [-0.25, -0.2) is 4.39 Å². The molecule has 1 aromatic heterocycles. The predicted molar refractivity (Wildman–Crippen MR) is 74.8 cm³/mol. The number of nitrogens with two attached hydrogens (primary N) is 1. The number of halogens is 1. The van der Waals surface area contributed by atoms with Crippen molar-refractivity contribution in [3.05, 3.63) is 29.0 Å². The summed E-state index contributed by atoms with van der Waals surface area (Å²) >= 11 is 2.67. The van der Waals surface area contributed by atoms with Gasteiger partial charge in [0.05, 0.1) is 11.4 Å². The molecule has 0 spiro atoms. The molecule has 0 radical (unpaired) electrons. The van der Waals surface area contributed by atoms with Gasteiger partial charge in [-0.2, -0.15) is 0 Å². The number of nitrogens with one attached hydrogen (secondary N) is 1. The fourth-order valence-corrected chi connectivity index (χ4v) is 2.90. The summed E-state index contributed by atoms with van der Waals surface area (Å²) in [6, 6.07) is 4.03. The average molecular weight is 298 g/mol. The monoisotopic (exact) mass is 298 g/mol. The Morgan fingerprint density at radius 1 is 1.53 bits per heavy atom. The summed E-state index contributed by atoms with van der Waals surface area (Å²) in [6.07, 6.45) is 0. The zero-order valence-electron chi connectivity index (χ0n) is 10.0. The van der Waals surface area contributed by atoms with Crippen molar-refractivity contribution in [1.82, 2.24) is 10.2 Å². The van der Waals surface area contributed by atoms with E-state index in [1.165, 1.54) is 41.3 Å². The van der Waals surface area contributed by atoms with E-state index in [2.05, 4.69) is 15.5 Å². The van der Waals surface area contributed by atoms with Crippen LogP contribution >= 0.6 is 23.1 Å². The molecule has 0 saturated heterocycles. The molecule has 0 atom stereocenters. The van der Waals surface area contributed by atoms with E-state index in [0.717, 1.165) is 5.01 Å². The van der Waals surface area contributed by atoms with Gasteiger partial charge < -0.3 is 11.1 Å². The summed E-state index contributed by atoms with van der Waals surface area (Å²) in [7, 11) is 0. The standard InChI is InChI=1S/C11H11FN4OS2/c1-6-15-16-11(19-6)18-5-10(17)14-9-4-7(13)2-3-8(9)12/h2-4H,5,13H2,1H3,(H,14,17). The second-order valence-electron chi connectivity index (χ2n) is 3.66. The van der Waals surface area contributed by atoms with Gasteiger partial charge in [-0.3, -0.25) is 4.79 Å². The van der Waals surface area contributed by atoms with Crippen LogP contribution in [0, 0.1) is 12.7 Å². The maximum absolute atomic E-state index is 13.4. The Kier molecular flexibility index (Phi) is 4.33. The van der Waals surface area contributed by atoms with Crippen molar-refractivity contribution in [2.45, 2.75) is 11.3 Å². The first-order valence-corrected chi connectivity index (χ1v) is 7.12. The summed E-state index contributed by atoms with van der Waals surface area (Å²) in [6.45, 7) is 1.84. The zero-order chi connectivity index (χ0) is 13.8. The number of nitrogen functional groups attached to an aromatic ring is 1. The van der Waals surface area contributed by atoms with Gasteiger partial charge in [0, 0.05) is 5.69 Å². The van der Waals surface area contributed by atoms with Gasteiger partial charge in [-0.1, -0.05) is 23.1 Å². The lowest BCUT2D eigenvalue weighted by Crippen LogP contribution is -2.15. The number of aromatic nitrogens is 2. The van der Waals surface area contributed by atoms with Crippen LogP contribution in [0.1, 0.15) is 5.01 Å². The minimum Gasteiger partial charge on any atom is -0.399 e. The van der Waals surface area contributed by atoms with Gasteiger partial charge in [0.2, 0.25) is 5.91 Å². The Morgan fingerprint density at radius 3 is 3.00 bits per heavy atom. The largest absolute Gasteiger partial charge is 0.399 e. The van der Waals surface area contributed by atoms with Crippen molar-refractivity contribution in [3.63, 3.8) is 0 Å². The SMILES string of the molecule is Cc1nnc(SCC(=O)Nc2cc(N)ccc2F)s1. The van der Waals surface area contributed by atoms with Crippen molar-refractivity contribution in [3.8, 4) is 0 Å². The molecule has 100 valence electrons.